The normalized spacial score (nSPS) is 16.5. The molecule has 2 unspecified atom stereocenters. The van der Waals surface area contributed by atoms with Gasteiger partial charge in [0.1, 0.15) is 6.17 Å². The topological polar surface area (TPSA) is 40.4 Å². The highest BCUT2D eigenvalue weighted by atomic mass is 16.3. The van der Waals surface area contributed by atoms with Crippen molar-refractivity contribution in [2.24, 2.45) is 0 Å². The van der Waals surface area contributed by atoms with Crippen molar-refractivity contribution in [1.82, 2.24) is 14.8 Å². The van der Waals surface area contributed by atoms with Crippen molar-refractivity contribution >= 4 is 21.8 Å². The molecular formula is C31H31N3O. The molecule has 0 radical (unpaired) electrons. The van der Waals surface area contributed by atoms with Crippen LogP contribution in [0.4, 0.5) is 0 Å². The Labute approximate surface area is 206 Å². The molecule has 1 aromatic heterocycles. The van der Waals surface area contributed by atoms with Crippen LogP contribution in [0.2, 0.25) is 0 Å². The van der Waals surface area contributed by atoms with E-state index < -0.39 is 6.10 Å². The Balaban J connectivity index is 1.61. The maximum atomic E-state index is 11.0. The van der Waals surface area contributed by atoms with Gasteiger partial charge in [0.15, 0.2) is 0 Å². The molecule has 2 N–H and O–H groups in total. The smallest absolute Gasteiger partial charge is 0.113 e. The number of fused-ring (bicyclic) bond motifs is 3. The molecular weight excluding hydrogens is 430 g/mol. The molecule has 0 aliphatic carbocycles. The number of hydrogen-bond acceptors (Lipinski definition) is 3. The van der Waals surface area contributed by atoms with Crippen LogP contribution in [0.5, 0.6) is 0 Å². The Bertz CT molecular complexity index is 1350. The predicted octanol–water partition coefficient (Wildman–Crippen LogP) is 5.91. The van der Waals surface area contributed by atoms with E-state index in [1.807, 2.05) is 6.92 Å². The Kier molecular flexibility index (Phi) is 5.86. The molecule has 176 valence electrons. The first-order valence-electron chi connectivity index (χ1n) is 12.5. The lowest BCUT2D eigenvalue weighted by Gasteiger charge is -2.38. The largest absolute Gasteiger partial charge is 0.390 e. The molecule has 5 aromatic rings. The first-order valence-corrected chi connectivity index (χ1v) is 12.5. The van der Waals surface area contributed by atoms with Crippen molar-refractivity contribution < 1.29 is 5.11 Å². The fourth-order valence-corrected chi connectivity index (χ4v) is 5.59. The van der Waals surface area contributed by atoms with E-state index in [4.69, 9.17) is 0 Å². The van der Waals surface area contributed by atoms with E-state index in [0.29, 0.717) is 0 Å². The van der Waals surface area contributed by atoms with Gasteiger partial charge in [-0.25, -0.2) is 0 Å². The van der Waals surface area contributed by atoms with Crippen LogP contribution in [0.15, 0.2) is 97.1 Å². The van der Waals surface area contributed by atoms with Gasteiger partial charge in [-0.1, -0.05) is 72.8 Å². The first-order chi connectivity index (χ1) is 17.2. The number of rotatable bonds is 5. The van der Waals surface area contributed by atoms with Crippen LogP contribution in [0.25, 0.3) is 44.1 Å². The van der Waals surface area contributed by atoms with Gasteiger partial charge in [-0.05, 0) is 53.4 Å². The number of hydrogen-bond donors (Lipinski definition) is 2. The van der Waals surface area contributed by atoms with Crippen molar-refractivity contribution in [3.8, 4) is 22.3 Å². The second kappa shape index (κ2) is 9.31. The fourth-order valence-electron chi connectivity index (χ4n) is 5.59. The van der Waals surface area contributed by atoms with E-state index in [2.05, 4.69) is 112 Å². The van der Waals surface area contributed by atoms with Crippen molar-refractivity contribution in [3.63, 3.8) is 0 Å². The van der Waals surface area contributed by atoms with Crippen LogP contribution < -0.4 is 5.32 Å². The van der Waals surface area contributed by atoms with Gasteiger partial charge in [0.2, 0.25) is 0 Å². The Morgan fingerprint density at radius 3 is 1.60 bits per heavy atom. The molecule has 35 heavy (non-hydrogen) atoms. The zero-order valence-electron chi connectivity index (χ0n) is 20.1. The van der Waals surface area contributed by atoms with Crippen molar-refractivity contribution in [2.45, 2.75) is 19.2 Å². The van der Waals surface area contributed by atoms with Crippen molar-refractivity contribution in [3.05, 3.63) is 97.1 Å². The van der Waals surface area contributed by atoms with Crippen LogP contribution in [0.1, 0.15) is 13.1 Å². The van der Waals surface area contributed by atoms with Gasteiger partial charge in [-0.2, -0.15) is 0 Å². The number of piperazine rings is 1. The summed E-state index contributed by atoms with van der Waals surface area (Å²) in [5.74, 6) is 0. The molecule has 4 aromatic carbocycles. The zero-order chi connectivity index (χ0) is 23.8. The van der Waals surface area contributed by atoms with Crippen LogP contribution in [0, 0.1) is 0 Å². The molecule has 1 aliphatic heterocycles. The third-order valence-electron chi connectivity index (χ3n) is 7.24. The number of benzene rings is 4. The van der Waals surface area contributed by atoms with Crippen LogP contribution in [-0.2, 0) is 0 Å². The molecule has 1 fully saturated rings. The van der Waals surface area contributed by atoms with E-state index in [1.165, 1.54) is 33.0 Å². The molecule has 0 saturated carbocycles. The lowest BCUT2D eigenvalue weighted by atomic mass is 10.0. The van der Waals surface area contributed by atoms with Gasteiger partial charge in [-0.3, -0.25) is 4.90 Å². The fraction of sp³-hybridized carbons (Fsp3) is 0.226. The third kappa shape index (κ3) is 4.04. The summed E-state index contributed by atoms with van der Waals surface area (Å²) >= 11 is 0. The molecule has 0 bridgehead atoms. The Morgan fingerprint density at radius 1 is 0.657 bits per heavy atom. The van der Waals surface area contributed by atoms with E-state index in [0.717, 1.165) is 37.2 Å². The summed E-state index contributed by atoms with van der Waals surface area (Å²) < 4.78 is 2.37. The van der Waals surface area contributed by atoms with Gasteiger partial charge in [0.25, 0.3) is 0 Å². The summed E-state index contributed by atoms with van der Waals surface area (Å²) in [6.07, 6.45) is -0.628. The highest BCUT2D eigenvalue weighted by Gasteiger charge is 2.29. The quantitative estimate of drug-likeness (QED) is 0.342. The SMILES string of the molecule is CC(O)C(N1CCNCC1)n1c2ccc(-c3ccccc3)cc2c2cc(-c3ccccc3)ccc21. The average Bonchev–Trinajstić information content (AvgIpc) is 3.23. The average molecular weight is 462 g/mol. The lowest BCUT2D eigenvalue weighted by Crippen LogP contribution is -2.49. The number of aliphatic hydroxyl groups is 1. The lowest BCUT2D eigenvalue weighted by molar-refractivity contribution is 0.0160. The highest BCUT2D eigenvalue weighted by molar-refractivity contribution is 6.10. The van der Waals surface area contributed by atoms with Gasteiger partial charge in [0.05, 0.1) is 17.1 Å². The highest BCUT2D eigenvalue weighted by Crippen LogP contribution is 2.38. The number of nitrogens with zero attached hydrogens (tertiary/aromatic N) is 2. The second-order valence-corrected chi connectivity index (χ2v) is 9.51. The van der Waals surface area contributed by atoms with Crippen LogP contribution >= 0.6 is 0 Å². The minimum Gasteiger partial charge on any atom is -0.390 e. The predicted molar refractivity (Wildman–Crippen MR) is 145 cm³/mol. The van der Waals surface area contributed by atoms with Gasteiger partial charge in [0, 0.05) is 37.0 Å². The molecule has 0 amide bonds. The summed E-state index contributed by atoms with van der Waals surface area (Å²) in [6, 6.07) is 34.6. The number of aromatic nitrogens is 1. The standard InChI is InChI=1S/C31H31N3O/c1-22(35)31(33-18-16-32-17-19-33)34-29-14-12-25(23-8-4-2-5-9-23)20-27(29)28-21-26(13-15-30(28)34)24-10-6-3-7-11-24/h2-15,20-22,31-32,35H,16-19H2,1H3. The Morgan fingerprint density at radius 2 is 1.14 bits per heavy atom. The summed E-state index contributed by atoms with van der Waals surface area (Å²) in [7, 11) is 0. The molecule has 2 heterocycles. The zero-order valence-corrected chi connectivity index (χ0v) is 20.1. The minimum absolute atomic E-state index is 0.123. The third-order valence-corrected chi connectivity index (χ3v) is 7.24. The first kappa shape index (κ1) is 22.1. The summed E-state index contributed by atoms with van der Waals surface area (Å²) in [6.45, 7) is 5.64. The molecule has 4 heteroatoms. The van der Waals surface area contributed by atoms with E-state index in [1.54, 1.807) is 0 Å². The van der Waals surface area contributed by atoms with Crippen molar-refractivity contribution in [1.29, 1.82) is 0 Å². The molecule has 4 nitrogen and oxygen atoms in total. The minimum atomic E-state index is -0.505. The van der Waals surface area contributed by atoms with E-state index in [-0.39, 0.29) is 6.17 Å². The number of aliphatic hydroxyl groups excluding tert-OH is 1. The summed E-state index contributed by atoms with van der Waals surface area (Å²) in [4.78, 5) is 2.41. The van der Waals surface area contributed by atoms with Gasteiger partial charge < -0.3 is 15.0 Å². The van der Waals surface area contributed by atoms with E-state index in [9.17, 15) is 5.11 Å². The van der Waals surface area contributed by atoms with E-state index >= 15 is 0 Å². The van der Waals surface area contributed by atoms with Gasteiger partial charge in [-0.15, -0.1) is 0 Å². The molecule has 1 saturated heterocycles. The molecule has 6 rings (SSSR count). The monoisotopic (exact) mass is 461 g/mol. The maximum absolute atomic E-state index is 11.0. The summed E-state index contributed by atoms with van der Waals surface area (Å²) in [5.41, 5.74) is 7.16. The molecule has 0 spiro atoms. The molecule has 1 aliphatic rings. The maximum Gasteiger partial charge on any atom is 0.113 e. The van der Waals surface area contributed by atoms with Crippen LogP contribution in [-0.4, -0.2) is 46.9 Å². The molecule has 2 atom stereocenters. The Hall–Kier alpha value is -3.44. The van der Waals surface area contributed by atoms with Crippen LogP contribution in [0.3, 0.4) is 0 Å². The summed E-state index contributed by atoms with van der Waals surface area (Å²) in [5, 5.41) is 16.9. The second-order valence-electron chi connectivity index (χ2n) is 9.51. The number of nitrogens with one attached hydrogen (secondary N) is 1. The van der Waals surface area contributed by atoms with Crippen molar-refractivity contribution in [2.75, 3.05) is 26.2 Å². The van der Waals surface area contributed by atoms with Gasteiger partial charge >= 0.3 is 0 Å².